The SMILES string of the molecule is CC1CCc2ccccc2N1c1ccc(C(=O)O)cc1Br. The molecule has 21 heavy (non-hydrogen) atoms. The van der Waals surface area contributed by atoms with Crippen LogP contribution in [0.3, 0.4) is 0 Å². The number of hydrogen-bond donors (Lipinski definition) is 1. The maximum Gasteiger partial charge on any atom is 0.335 e. The topological polar surface area (TPSA) is 40.5 Å². The average molecular weight is 346 g/mol. The molecule has 0 aliphatic carbocycles. The molecule has 0 aromatic heterocycles. The Morgan fingerprint density at radius 2 is 2.00 bits per heavy atom. The van der Waals surface area contributed by atoms with E-state index in [2.05, 4.69) is 46.0 Å². The van der Waals surface area contributed by atoms with Gasteiger partial charge in [-0.25, -0.2) is 4.79 Å². The smallest absolute Gasteiger partial charge is 0.335 e. The lowest BCUT2D eigenvalue weighted by molar-refractivity contribution is 0.0697. The zero-order valence-electron chi connectivity index (χ0n) is 11.7. The van der Waals surface area contributed by atoms with Crippen molar-refractivity contribution in [3.8, 4) is 0 Å². The van der Waals surface area contributed by atoms with Crippen molar-refractivity contribution in [2.75, 3.05) is 4.90 Å². The number of hydrogen-bond acceptors (Lipinski definition) is 2. The molecule has 1 atom stereocenters. The minimum absolute atomic E-state index is 0.295. The summed E-state index contributed by atoms with van der Waals surface area (Å²) in [4.78, 5) is 13.4. The molecule has 1 aliphatic heterocycles. The van der Waals surface area contributed by atoms with E-state index < -0.39 is 5.97 Å². The first kappa shape index (κ1) is 14.1. The molecule has 0 bridgehead atoms. The Hall–Kier alpha value is -1.81. The lowest BCUT2D eigenvalue weighted by Crippen LogP contribution is -2.33. The third-order valence-electron chi connectivity index (χ3n) is 3.98. The Labute approximate surface area is 132 Å². The molecule has 3 nitrogen and oxygen atoms in total. The van der Waals surface area contributed by atoms with Gasteiger partial charge in [-0.3, -0.25) is 0 Å². The number of fused-ring (bicyclic) bond motifs is 1. The third-order valence-corrected chi connectivity index (χ3v) is 4.61. The van der Waals surface area contributed by atoms with Gasteiger partial charge in [0.2, 0.25) is 0 Å². The highest BCUT2D eigenvalue weighted by Gasteiger charge is 2.25. The molecule has 0 saturated heterocycles. The first-order valence-electron chi connectivity index (χ1n) is 6.98. The Bertz CT molecular complexity index is 699. The van der Waals surface area contributed by atoms with E-state index in [1.807, 2.05) is 12.1 Å². The summed E-state index contributed by atoms with van der Waals surface area (Å²) in [6, 6.07) is 14.0. The fraction of sp³-hybridized carbons (Fsp3) is 0.235. The van der Waals surface area contributed by atoms with Crippen LogP contribution in [0.5, 0.6) is 0 Å². The van der Waals surface area contributed by atoms with Crippen molar-refractivity contribution in [3.05, 3.63) is 58.1 Å². The van der Waals surface area contributed by atoms with Crippen LogP contribution >= 0.6 is 15.9 Å². The van der Waals surface area contributed by atoms with Gasteiger partial charge in [-0.1, -0.05) is 18.2 Å². The van der Waals surface area contributed by atoms with Gasteiger partial charge in [0.15, 0.2) is 0 Å². The van der Waals surface area contributed by atoms with E-state index in [-0.39, 0.29) is 0 Å². The van der Waals surface area contributed by atoms with E-state index in [1.54, 1.807) is 12.1 Å². The number of carbonyl (C=O) groups is 1. The highest BCUT2D eigenvalue weighted by Crippen LogP contribution is 2.40. The molecule has 1 heterocycles. The maximum absolute atomic E-state index is 11.1. The number of halogens is 1. The number of benzene rings is 2. The number of nitrogens with zero attached hydrogens (tertiary/aromatic N) is 1. The number of anilines is 2. The maximum atomic E-state index is 11.1. The second kappa shape index (κ2) is 5.53. The molecular weight excluding hydrogens is 330 g/mol. The minimum atomic E-state index is -0.908. The second-order valence-corrected chi connectivity index (χ2v) is 6.21. The van der Waals surface area contributed by atoms with E-state index in [4.69, 9.17) is 5.11 Å². The standard InChI is InChI=1S/C17H16BrNO2/c1-11-6-7-12-4-2-3-5-15(12)19(11)16-9-8-13(17(20)21)10-14(16)18/h2-5,8-11H,6-7H2,1H3,(H,20,21). The van der Waals surface area contributed by atoms with Crippen LogP contribution in [0.4, 0.5) is 11.4 Å². The predicted molar refractivity (Wildman–Crippen MR) is 87.5 cm³/mol. The number of rotatable bonds is 2. The fourth-order valence-corrected chi connectivity index (χ4v) is 3.46. The molecule has 0 saturated carbocycles. The van der Waals surface area contributed by atoms with Crippen LogP contribution in [-0.2, 0) is 6.42 Å². The van der Waals surface area contributed by atoms with Gasteiger partial charge in [-0.15, -0.1) is 0 Å². The van der Waals surface area contributed by atoms with Crippen molar-refractivity contribution in [1.29, 1.82) is 0 Å². The number of para-hydroxylation sites is 1. The first-order valence-corrected chi connectivity index (χ1v) is 7.77. The van der Waals surface area contributed by atoms with Crippen LogP contribution in [0, 0.1) is 0 Å². The van der Waals surface area contributed by atoms with Crippen molar-refractivity contribution < 1.29 is 9.90 Å². The largest absolute Gasteiger partial charge is 0.478 e. The third kappa shape index (κ3) is 2.56. The van der Waals surface area contributed by atoms with Crippen molar-refractivity contribution in [2.45, 2.75) is 25.8 Å². The van der Waals surface area contributed by atoms with Crippen molar-refractivity contribution >= 4 is 33.3 Å². The van der Waals surface area contributed by atoms with Crippen LogP contribution < -0.4 is 4.90 Å². The summed E-state index contributed by atoms with van der Waals surface area (Å²) < 4.78 is 0.811. The van der Waals surface area contributed by atoms with E-state index in [0.29, 0.717) is 11.6 Å². The van der Waals surface area contributed by atoms with Crippen molar-refractivity contribution in [1.82, 2.24) is 0 Å². The van der Waals surface area contributed by atoms with Crippen molar-refractivity contribution in [3.63, 3.8) is 0 Å². The number of aryl methyl sites for hydroxylation is 1. The van der Waals surface area contributed by atoms with Gasteiger partial charge in [0.25, 0.3) is 0 Å². The molecule has 0 radical (unpaired) electrons. The number of carboxylic acid groups (broad SMARTS) is 1. The summed E-state index contributed by atoms with van der Waals surface area (Å²) in [7, 11) is 0. The molecular formula is C17H16BrNO2. The molecule has 3 rings (SSSR count). The summed E-state index contributed by atoms with van der Waals surface area (Å²) in [6.45, 7) is 2.20. The van der Waals surface area contributed by atoms with E-state index >= 15 is 0 Å². The molecule has 0 amide bonds. The van der Waals surface area contributed by atoms with E-state index in [9.17, 15) is 4.79 Å². The molecule has 1 N–H and O–H groups in total. The minimum Gasteiger partial charge on any atom is -0.478 e. The number of aromatic carboxylic acids is 1. The first-order chi connectivity index (χ1) is 10.1. The molecule has 0 spiro atoms. The molecule has 2 aromatic rings. The highest BCUT2D eigenvalue weighted by atomic mass is 79.9. The van der Waals surface area contributed by atoms with Gasteiger partial charge in [-0.2, -0.15) is 0 Å². The number of carboxylic acids is 1. The van der Waals surface area contributed by atoms with Gasteiger partial charge in [-0.05, 0) is 65.5 Å². The summed E-state index contributed by atoms with van der Waals surface area (Å²) in [5.74, 6) is -0.908. The van der Waals surface area contributed by atoms with Gasteiger partial charge in [0.05, 0.1) is 11.3 Å². The van der Waals surface area contributed by atoms with E-state index in [1.165, 1.54) is 11.3 Å². The van der Waals surface area contributed by atoms with Gasteiger partial charge in [0.1, 0.15) is 0 Å². The predicted octanol–water partition coefficient (Wildman–Crippen LogP) is 4.62. The molecule has 2 aromatic carbocycles. The van der Waals surface area contributed by atoms with Gasteiger partial charge < -0.3 is 10.0 Å². The lowest BCUT2D eigenvalue weighted by atomic mass is 9.96. The normalized spacial score (nSPS) is 17.4. The van der Waals surface area contributed by atoms with Crippen LogP contribution in [-0.4, -0.2) is 17.1 Å². The second-order valence-electron chi connectivity index (χ2n) is 5.36. The average Bonchev–Trinajstić information content (AvgIpc) is 2.48. The summed E-state index contributed by atoms with van der Waals surface area (Å²) in [5.41, 5.74) is 3.85. The lowest BCUT2D eigenvalue weighted by Gasteiger charge is -2.37. The summed E-state index contributed by atoms with van der Waals surface area (Å²) in [6.07, 6.45) is 2.17. The van der Waals surface area contributed by atoms with Crippen LogP contribution in [0.25, 0.3) is 0 Å². The van der Waals surface area contributed by atoms with Gasteiger partial charge >= 0.3 is 5.97 Å². The van der Waals surface area contributed by atoms with Gasteiger partial charge in [0, 0.05) is 16.2 Å². The Kier molecular flexibility index (Phi) is 3.72. The zero-order valence-corrected chi connectivity index (χ0v) is 13.3. The van der Waals surface area contributed by atoms with Crippen LogP contribution in [0.15, 0.2) is 46.9 Å². The van der Waals surface area contributed by atoms with Crippen LogP contribution in [0.1, 0.15) is 29.3 Å². The molecule has 108 valence electrons. The molecule has 4 heteroatoms. The molecule has 1 unspecified atom stereocenters. The molecule has 0 fully saturated rings. The molecule has 1 aliphatic rings. The van der Waals surface area contributed by atoms with Crippen LogP contribution in [0.2, 0.25) is 0 Å². The summed E-state index contributed by atoms with van der Waals surface area (Å²) >= 11 is 3.53. The van der Waals surface area contributed by atoms with Crippen molar-refractivity contribution in [2.24, 2.45) is 0 Å². The highest BCUT2D eigenvalue weighted by molar-refractivity contribution is 9.10. The quantitative estimate of drug-likeness (QED) is 0.863. The van der Waals surface area contributed by atoms with E-state index in [0.717, 1.165) is 23.0 Å². The fourth-order valence-electron chi connectivity index (χ4n) is 2.89. The summed E-state index contributed by atoms with van der Waals surface area (Å²) in [5, 5.41) is 9.09. The monoisotopic (exact) mass is 345 g/mol. The Balaban J connectivity index is 2.09. The Morgan fingerprint density at radius 3 is 2.71 bits per heavy atom. The zero-order chi connectivity index (χ0) is 15.0. The Morgan fingerprint density at radius 1 is 1.24 bits per heavy atom.